The van der Waals surface area contributed by atoms with Crippen LogP contribution in [0.25, 0.3) is 0 Å². The fourth-order valence-corrected chi connectivity index (χ4v) is 1.63. The van der Waals surface area contributed by atoms with Gasteiger partial charge in [0.05, 0.1) is 5.02 Å². The van der Waals surface area contributed by atoms with Crippen LogP contribution >= 0.6 is 27.5 Å². The lowest BCUT2D eigenvalue weighted by atomic mass is 10.1. The fourth-order valence-electron chi connectivity index (χ4n) is 0.908. The van der Waals surface area contributed by atoms with E-state index in [1.165, 1.54) is 0 Å². The second-order valence-electron chi connectivity index (χ2n) is 2.39. The van der Waals surface area contributed by atoms with E-state index in [1.54, 1.807) is 6.07 Å². The molecule has 1 nitrogen and oxygen atoms in total. The molecule has 1 N–H and O–H groups in total. The highest BCUT2D eigenvalue weighted by atomic mass is 79.9. The quantitative estimate of drug-likeness (QED) is 0.741. The summed E-state index contributed by atoms with van der Waals surface area (Å²) < 4.78 is 0. The van der Waals surface area contributed by atoms with E-state index >= 15 is 0 Å². The van der Waals surface area contributed by atoms with Gasteiger partial charge in [-0.25, -0.2) is 0 Å². The number of rotatable bonds is 1. The van der Waals surface area contributed by atoms with Crippen molar-refractivity contribution in [2.75, 3.05) is 0 Å². The first-order chi connectivity index (χ1) is 5.15. The highest BCUT2D eigenvalue weighted by Crippen LogP contribution is 2.29. The zero-order valence-corrected chi connectivity index (χ0v) is 8.41. The summed E-state index contributed by atoms with van der Waals surface area (Å²) in [4.78, 5) is 0. The molecule has 1 aromatic rings. The van der Waals surface area contributed by atoms with Crippen molar-refractivity contribution in [1.82, 2.24) is 0 Å². The molecule has 0 saturated heterocycles. The van der Waals surface area contributed by atoms with Gasteiger partial charge in [0.2, 0.25) is 0 Å². The summed E-state index contributed by atoms with van der Waals surface area (Å²) in [5.74, 6) is 0.175. The molecule has 0 aromatic heterocycles. The Hall–Kier alpha value is -0.210. The monoisotopic (exact) mass is 234 g/mol. The number of phenols is 1. The van der Waals surface area contributed by atoms with E-state index in [-0.39, 0.29) is 5.75 Å². The second kappa shape index (κ2) is 3.46. The van der Waals surface area contributed by atoms with Gasteiger partial charge in [-0.2, -0.15) is 0 Å². The molecular formula is C8H8BrClO. The molecule has 0 atom stereocenters. The van der Waals surface area contributed by atoms with Crippen LogP contribution in [-0.2, 0) is 5.33 Å². The smallest absolute Gasteiger partial charge is 0.138 e. The second-order valence-corrected chi connectivity index (χ2v) is 3.36. The number of hydrogen-bond donors (Lipinski definition) is 1. The van der Waals surface area contributed by atoms with Crippen LogP contribution < -0.4 is 0 Å². The Morgan fingerprint density at radius 1 is 1.55 bits per heavy atom. The number of halogens is 2. The molecule has 60 valence electrons. The minimum Gasteiger partial charge on any atom is -0.506 e. The van der Waals surface area contributed by atoms with E-state index in [1.807, 2.05) is 13.0 Å². The van der Waals surface area contributed by atoms with Gasteiger partial charge in [-0.3, -0.25) is 0 Å². The number of aryl methyl sites for hydroxylation is 1. The summed E-state index contributed by atoms with van der Waals surface area (Å²) in [6.45, 7) is 1.94. The van der Waals surface area contributed by atoms with Gasteiger partial charge in [-0.1, -0.05) is 33.6 Å². The molecule has 0 spiro atoms. The lowest BCUT2D eigenvalue weighted by Crippen LogP contribution is -1.82. The molecule has 3 heteroatoms. The first kappa shape index (κ1) is 8.88. The SMILES string of the molecule is Cc1cc(Cl)c(O)c(CBr)c1. The molecule has 0 heterocycles. The lowest BCUT2D eigenvalue weighted by molar-refractivity contribution is 0.471. The summed E-state index contributed by atoms with van der Waals surface area (Å²) in [5.41, 5.74) is 1.89. The largest absolute Gasteiger partial charge is 0.506 e. The first-order valence-electron chi connectivity index (χ1n) is 3.19. The highest BCUT2D eigenvalue weighted by Gasteiger charge is 2.04. The van der Waals surface area contributed by atoms with Crippen molar-refractivity contribution >= 4 is 27.5 Å². The molecule has 0 saturated carbocycles. The predicted octanol–water partition coefficient (Wildman–Crippen LogP) is 3.25. The van der Waals surface area contributed by atoms with Gasteiger partial charge in [0.25, 0.3) is 0 Å². The van der Waals surface area contributed by atoms with Crippen molar-refractivity contribution in [2.45, 2.75) is 12.3 Å². The van der Waals surface area contributed by atoms with Crippen LogP contribution in [-0.4, -0.2) is 5.11 Å². The average Bonchev–Trinajstić information content (AvgIpc) is 1.96. The minimum atomic E-state index is 0.175. The summed E-state index contributed by atoms with van der Waals surface area (Å²) in [6.07, 6.45) is 0. The predicted molar refractivity (Wildman–Crippen MR) is 50.5 cm³/mol. The van der Waals surface area contributed by atoms with Crippen LogP contribution in [0.5, 0.6) is 5.75 Å². The van der Waals surface area contributed by atoms with Gasteiger partial charge in [-0.05, 0) is 18.6 Å². The Morgan fingerprint density at radius 3 is 2.73 bits per heavy atom. The van der Waals surface area contributed by atoms with E-state index in [0.717, 1.165) is 11.1 Å². The molecule has 0 aliphatic heterocycles. The fraction of sp³-hybridized carbons (Fsp3) is 0.250. The van der Waals surface area contributed by atoms with Gasteiger partial charge >= 0.3 is 0 Å². The van der Waals surface area contributed by atoms with Crippen LogP contribution in [0.15, 0.2) is 12.1 Å². The number of aromatic hydroxyl groups is 1. The molecule has 0 bridgehead atoms. The highest BCUT2D eigenvalue weighted by molar-refractivity contribution is 9.08. The Balaban J connectivity index is 3.24. The Labute approximate surface area is 79.1 Å². The molecule has 0 unspecified atom stereocenters. The third-order valence-corrected chi connectivity index (χ3v) is 2.32. The Kier molecular flexibility index (Phi) is 2.79. The van der Waals surface area contributed by atoms with E-state index in [2.05, 4.69) is 15.9 Å². The molecule has 1 aromatic carbocycles. The third kappa shape index (κ3) is 1.88. The summed E-state index contributed by atoms with van der Waals surface area (Å²) >= 11 is 8.99. The maximum atomic E-state index is 9.36. The zero-order valence-electron chi connectivity index (χ0n) is 6.06. The summed E-state index contributed by atoms with van der Waals surface area (Å²) in [5, 5.41) is 10.4. The average molecular weight is 236 g/mol. The normalized spacial score (nSPS) is 10.1. The summed E-state index contributed by atoms with van der Waals surface area (Å²) in [6, 6.07) is 3.64. The van der Waals surface area contributed by atoms with Gasteiger partial charge < -0.3 is 5.11 Å². The number of hydrogen-bond acceptors (Lipinski definition) is 1. The molecule has 0 fully saturated rings. The molecule has 0 amide bonds. The Morgan fingerprint density at radius 2 is 2.18 bits per heavy atom. The van der Waals surface area contributed by atoms with Crippen molar-refractivity contribution in [3.63, 3.8) is 0 Å². The lowest BCUT2D eigenvalue weighted by Gasteiger charge is -2.03. The van der Waals surface area contributed by atoms with E-state index in [4.69, 9.17) is 11.6 Å². The maximum Gasteiger partial charge on any atom is 0.138 e. The molecule has 1 rings (SSSR count). The Bertz CT molecular complexity index is 273. The molecule has 11 heavy (non-hydrogen) atoms. The number of alkyl halides is 1. The minimum absolute atomic E-state index is 0.175. The molecule has 0 radical (unpaired) electrons. The van der Waals surface area contributed by atoms with Crippen LogP contribution in [0.2, 0.25) is 5.02 Å². The van der Waals surface area contributed by atoms with E-state index in [9.17, 15) is 5.11 Å². The van der Waals surface area contributed by atoms with E-state index in [0.29, 0.717) is 10.4 Å². The molecule has 0 aliphatic rings. The standard InChI is InChI=1S/C8H8BrClO/c1-5-2-6(4-9)8(11)7(10)3-5/h2-3,11H,4H2,1H3. The maximum absolute atomic E-state index is 9.36. The summed E-state index contributed by atoms with van der Waals surface area (Å²) in [7, 11) is 0. The van der Waals surface area contributed by atoms with Crippen LogP contribution in [0.3, 0.4) is 0 Å². The van der Waals surface area contributed by atoms with Gasteiger partial charge in [0, 0.05) is 10.9 Å². The van der Waals surface area contributed by atoms with Crippen LogP contribution in [0.1, 0.15) is 11.1 Å². The van der Waals surface area contributed by atoms with Crippen molar-refractivity contribution < 1.29 is 5.11 Å². The molecule has 0 aliphatic carbocycles. The van der Waals surface area contributed by atoms with Gasteiger partial charge in [-0.15, -0.1) is 0 Å². The molecular weight excluding hydrogens is 227 g/mol. The number of benzene rings is 1. The third-order valence-electron chi connectivity index (χ3n) is 1.43. The van der Waals surface area contributed by atoms with Crippen molar-refractivity contribution in [2.24, 2.45) is 0 Å². The first-order valence-corrected chi connectivity index (χ1v) is 4.69. The van der Waals surface area contributed by atoms with E-state index < -0.39 is 0 Å². The van der Waals surface area contributed by atoms with Crippen molar-refractivity contribution in [3.8, 4) is 5.75 Å². The van der Waals surface area contributed by atoms with Crippen LogP contribution in [0.4, 0.5) is 0 Å². The van der Waals surface area contributed by atoms with Gasteiger partial charge in [0.1, 0.15) is 5.75 Å². The zero-order chi connectivity index (χ0) is 8.43. The topological polar surface area (TPSA) is 20.2 Å². The van der Waals surface area contributed by atoms with Gasteiger partial charge in [0.15, 0.2) is 0 Å². The number of phenolic OH excluding ortho intramolecular Hbond substituents is 1. The van der Waals surface area contributed by atoms with Crippen molar-refractivity contribution in [1.29, 1.82) is 0 Å². The van der Waals surface area contributed by atoms with Crippen LogP contribution in [0, 0.1) is 6.92 Å². The van der Waals surface area contributed by atoms with Crippen molar-refractivity contribution in [3.05, 3.63) is 28.3 Å².